The van der Waals surface area contributed by atoms with Gasteiger partial charge in [-0.25, -0.2) is 14.2 Å². The number of imidazole rings is 1. The normalized spacial score (nSPS) is 11.4. The molecule has 0 spiro atoms. The van der Waals surface area contributed by atoms with Crippen LogP contribution in [0.2, 0.25) is 5.02 Å². The van der Waals surface area contributed by atoms with Gasteiger partial charge >= 0.3 is 6.09 Å². The fourth-order valence-corrected chi connectivity index (χ4v) is 3.81. The zero-order chi connectivity index (χ0) is 30.4. The molecule has 0 aliphatic heterocycles. The van der Waals surface area contributed by atoms with Crippen molar-refractivity contribution in [1.29, 1.82) is 0 Å². The van der Waals surface area contributed by atoms with Gasteiger partial charge in [0.05, 0.1) is 16.9 Å². The van der Waals surface area contributed by atoms with E-state index in [0.29, 0.717) is 17.8 Å². The first-order chi connectivity index (χ1) is 19.1. The van der Waals surface area contributed by atoms with Gasteiger partial charge < -0.3 is 31.0 Å². The summed E-state index contributed by atoms with van der Waals surface area (Å²) < 4.78 is 18.5. The van der Waals surface area contributed by atoms with E-state index in [4.69, 9.17) is 16.3 Å². The number of hydrogen-bond acceptors (Lipinski definition) is 6. The third kappa shape index (κ3) is 9.31. The number of amides is 4. The first kappa shape index (κ1) is 31.1. The predicted molar refractivity (Wildman–Crippen MR) is 153 cm³/mol. The van der Waals surface area contributed by atoms with Crippen LogP contribution in [0.4, 0.5) is 20.6 Å². The predicted octanol–water partition coefficient (Wildman–Crippen LogP) is 5.13. The van der Waals surface area contributed by atoms with E-state index in [1.807, 2.05) is 0 Å². The van der Waals surface area contributed by atoms with Crippen LogP contribution in [0.1, 0.15) is 72.4 Å². The average Bonchev–Trinajstić information content (AvgIpc) is 3.34. The number of carbonyl (C=O) groups is 4. The lowest BCUT2D eigenvalue weighted by atomic mass is 10.0. The van der Waals surface area contributed by atoms with Gasteiger partial charge in [-0.3, -0.25) is 14.4 Å². The van der Waals surface area contributed by atoms with Crippen molar-refractivity contribution in [2.24, 2.45) is 0 Å². The van der Waals surface area contributed by atoms with Crippen molar-refractivity contribution in [3.05, 3.63) is 76.6 Å². The number of aromatic amines is 1. The maximum Gasteiger partial charge on any atom is 0.408 e. The minimum atomic E-state index is -0.666. The van der Waals surface area contributed by atoms with Crippen LogP contribution in [0, 0.1) is 5.82 Å². The highest BCUT2D eigenvalue weighted by Gasteiger charge is 2.25. The van der Waals surface area contributed by atoms with Crippen LogP contribution >= 0.6 is 11.6 Å². The molecule has 2 aromatic carbocycles. The van der Waals surface area contributed by atoms with Crippen molar-refractivity contribution < 1.29 is 28.3 Å². The van der Waals surface area contributed by atoms with Gasteiger partial charge in [0, 0.05) is 23.5 Å². The number of alkyl carbamates (subject to hydrolysis) is 1. The quantitative estimate of drug-likeness (QED) is 0.234. The molecular weight excluding hydrogens is 555 g/mol. The van der Waals surface area contributed by atoms with E-state index in [9.17, 15) is 23.6 Å². The molecule has 13 heteroatoms. The number of H-pyrrole nitrogens is 1. The summed E-state index contributed by atoms with van der Waals surface area (Å²) in [5.41, 5.74) is -0.533. The first-order valence-corrected chi connectivity index (χ1v) is 13.0. The molecule has 0 aliphatic carbocycles. The van der Waals surface area contributed by atoms with Gasteiger partial charge in [-0.15, -0.1) is 0 Å². The minimum Gasteiger partial charge on any atom is -0.444 e. The third-order valence-corrected chi connectivity index (χ3v) is 5.85. The van der Waals surface area contributed by atoms with Crippen molar-refractivity contribution in [2.75, 3.05) is 17.2 Å². The smallest absolute Gasteiger partial charge is 0.408 e. The highest BCUT2D eigenvalue weighted by molar-refractivity contribution is 6.34. The standard InChI is InChI=1S/C28H32ClFN6O5/c1-27(2,3)41-26(40)36-28(4,5)12-13-31-24(38)21-22(33-15-32-21)25(39)35-18-9-7-17(8-10-18)34-23(37)19-11-6-16(30)14-20(19)29/h6-11,14-15H,12-13H2,1-5H3,(H,31,38)(H,32,33)(H,34,37)(H,35,39)(H,36,40). The van der Waals surface area contributed by atoms with Gasteiger partial charge in [0.15, 0.2) is 5.69 Å². The van der Waals surface area contributed by atoms with Crippen molar-refractivity contribution in [1.82, 2.24) is 20.6 Å². The van der Waals surface area contributed by atoms with Crippen LogP contribution in [0.5, 0.6) is 0 Å². The molecule has 218 valence electrons. The Hall–Kier alpha value is -4.45. The lowest BCUT2D eigenvalue weighted by molar-refractivity contribution is 0.0468. The van der Waals surface area contributed by atoms with Crippen LogP contribution in [-0.4, -0.2) is 51.5 Å². The lowest BCUT2D eigenvalue weighted by Gasteiger charge is -2.28. The van der Waals surface area contributed by atoms with Gasteiger partial charge in [0.25, 0.3) is 17.7 Å². The number of rotatable bonds is 9. The number of benzene rings is 2. The zero-order valence-corrected chi connectivity index (χ0v) is 24.0. The maximum absolute atomic E-state index is 13.2. The van der Waals surface area contributed by atoms with Crippen LogP contribution in [0.3, 0.4) is 0 Å². The van der Waals surface area contributed by atoms with E-state index in [-0.39, 0.29) is 28.5 Å². The molecule has 5 N–H and O–H groups in total. The van der Waals surface area contributed by atoms with Crippen LogP contribution < -0.4 is 21.3 Å². The number of hydrogen-bond donors (Lipinski definition) is 5. The second-order valence-electron chi connectivity index (χ2n) is 10.8. The van der Waals surface area contributed by atoms with Crippen molar-refractivity contribution >= 4 is 46.8 Å². The first-order valence-electron chi connectivity index (χ1n) is 12.6. The molecule has 1 heterocycles. The Kier molecular flexibility index (Phi) is 9.71. The second-order valence-corrected chi connectivity index (χ2v) is 11.2. The molecule has 0 radical (unpaired) electrons. The molecule has 0 aliphatic rings. The highest BCUT2D eigenvalue weighted by Crippen LogP contribution is 2.20. The average molecular weight is 587 g/mol. The Balaban J connectivity index is 1.54. The third-order valence-electron chi connectivity index (χ3n) is 5.53. The highest BCUT2D eigenvalue weighted by atomic mass is 35.5. The lowest BCUT2D eigenvalue weighted by Crippen LogP contribution is -2.47. The van der Waals surface area contributed by atoms with Crippen molar-refractivity contribution in [2.45, 2.75) is 52.2 Å². The van der Waals surface area contributed by atoms with E-state index in [2.05, 4.69) is 31.2 Å². The van der Waals surface area contributed by atoms with E-state index in [1.165, 1.54) is 12.4 Å². The number of nitrogens with zero attached hydrogens (tertiary/aromatic N) is 1. The Bertz CT molecular complexity index is 1430. The fourth-order valence-electron chi connectivity index (χ4n) is 3.56. The van der Waals surface area contributed by atoms with Crippen LogP contribution in [-0.2, 0) is 4.74 Å². The Morgan fingerprint density at radius 3 is 2.12 bits per heavy atom. The zero-order valence-electron chi connectivity index (χ0n) is 23.3. The molecule has 0 bridgehead atoms. The summed E-state index contributed by atoms with van der Waals surface area (Å²) in [5.74, 6) is -2.25. The Labute approximate surface area is 241 Å². The van der Waals surface area contributed by atoms with Crippen LogP contribution in [0.15, 0.2) is 48.8 Å². The second kappa shape index (κ2) is 12.8. The van der Waals surface area contributed by atoms with Crippen molar-refractivity contribution in [3.63, 3.8) is 0 Å². The summed E-state index contributed by atoms with van der Waals surface area (Å²) in [4.78, 5) is 56.7. The summed E-state index contributed by atoms with van der Waals surface area (Å²) in [6.07, 6.45) is 1.06. The molecule has 11 nitrogen and oxygen atoms in total. The Morgan fingerprint density at radius 1 is 0.927 bits per heavy atom. The molecule has 41 heavy (non-hydrogen) atoms. The maximum atomic E-state index is 13.2. The summed E-state index contributed by atoms with van der Waals surface area (Å²) in [7, 11) is 0. The summed E-state index contributed by atoms with van der Waals surface area (Å²) >= 11 is 5.94. The molecule has 0 atom stereocenters. The number of carbonyl (C=O) groups excluding carboxylic acids is 4. The van der Waals surface area contributed by atoms with Gasteiger partial charge in [-0.05, 0) is 83.5 Å². The van der Waals surface area contributed by atoms with E-state index in [1.54, 1.807) is 58.9 Å². The topological polar surface area (TPSA) is 154 Å². The van der Waals surface area contributed by atoms with E-state index < -0.39 is 40.8 Å². The number of ether oxygens (including phenoxy) is 1. The van der Waals surface area contributed by atoms with Gasteiger partial charge in [0.1, 0.15) is 17.1 Å². The minimum absolute atomic E-state index is 0.0218. The monoisotopic (exact) mass is 586 g/mol. The number of anilines is 2. The fraction of sp³-hybridized carbons (Fsp3) is 0.321. The summed E-state index contributed by atoms with van der Waals surface area (Å²) in [6.45, 7) is 9.10. The largest absolute Gasteiger partial charge is 0.444 e. The molecule has 0 fully saturated rings. The molecule has 4 amide bonds. The van der Waals surface area contributed by atoms with Crippen LogP contribution in [0.25, 0.3) is 0 Å². The van der Waals surface area contributed by atoms with E-state index >= 15 is 0 Å². The molecule has 0 saturated heterocycles. The van der Waals surface area contributed by atoms with E-state index in [0.717, 1.165) is 12.1 Å². The molecule has 3 rings (SSSR count). The molecule has 0 saturated carbocycles. The molecular formula is C28H32ClFN6O5. The summed E-state index contributed by atoms with van der Waals surface area (Å²) in [5, 5.41) is 10.8. The van der Waals surface area contributed by atoms with Gasteiger partial charge in [-0.2, -0.15) is 0 Å². The number of halogens is 2. The SMILES string of the molecule is CC(C)(CCNC(=O)c1[nH]cnc1C(=O)Nc1ccc(NC(=O)c2ccc(F)cc2Cl)cc1)NC(=O)OC(C)(C)C. The molecule has 3 aromatic rings. The summed E-state index contributed by atoms with van der Waals surface area (Å²) in [6, 6.07) is 9.66. The Morgan fingerprint density at radius 2 is 1.54 bits per heavy atom. The van der Waals surface area contributed by atoms with Crippen molar-refractivity contribution in [3.8, 4) is 0 Å². The van der Waals surface area contributed by atoms with Gasteiger partial charge in [0.2, 0.25) is 0 Å². The molecule has 0 unspecified atom stereocenters. The van der Waals surface area contributed by atoms with Gasteiger partial charge in [-0.1, -0.05) is 11.6 Å². The molecule has 1 aromatic heterocycles. The number of nitrogens with one attached hydrogen (secondary N) is 5. The number of aromatic nitrogens is 2.